The topological polar surface area (TPSA) is 52.8 Å². The largest absolute Gasteiger partial charge is 0.459 e. The Bertz CT molecular complexity index is 1200. The zero-order valence-electron chi connectivity index (χ0n) is 18.7. The van der Waals surface area contributed by atoms with Gasteiger partial charge in [0.25, 0.3) is 5.91 Å². The molecule has 0 atom stereocenters. The van der Waals surface area contributed by atoms with Crippen molar-refractivity contribution in [2.75, 3.05) is 40.9 Å². The van der Waals surface area contributed by atoms with Gasteiger partial charge in [0.1, 0.15) is 11.6 Å². The van der Waals surface area contributed by atoms with Crippen molar-refractivity contribution >= 4 is 23.1 Å². The molecular weight excluding hydrogens is 431 g/mol. The number of hydrogen-bond acceptors (Lipinski definition) is 5. The number of halogens is 1. The standard InChI is InChI=1S/C27H25FN4O2/c28-22-9-11-24(12-10-22)32(27(33)25-7-4-18-34-25)20-21-8-13-26(29-19-21)31-16-14-30(15-17-31)23-5-2-1-3-6-23/h1-13,18-19H,14-17,20H2. The maximum atomic E-state index is 13.5. The van der Waals surface area contributed by atoms with Gasteiger partial charge < -0.3 is 19.1 Å². The van der Waals surface area contributed by atoms with Crippen LogP contribution in [0.3, 0.4) is 0 Å². The van der Waals surface area contributed by atoms with E-state index in [9.17, 15) is 9.18 Å². The smallest absolute Gasteiger partial charge is 0.294 e. The predicted octanol–water partition coefficient (Wildman–Crippen LogP) is 4.99. The summed E-state index contributed by atoms with van der Waals surface area (Å²) in [5.41, 5.74) is 2.70. The number of carbonyl (C=O) groups is 1. The summed E-state index contributed by atoms with van der Waals surface area (Å²) < 4.78 is 18.8. The average molecular weight is 457 g/mol. The second kappa shape index (κ2) is 9.79. The zero-order chi connectivity index (χ0) is 23.3. The van der Waals surface area contributed by atoms with Gasteiger partial charge in [-0.25, -0.2) is 9.37 Å². The van der Waals surface area contributed by atoms with Crippen LogP contribution >= 0.6 is 0 Å². The van der Waals surface area contributed by atoms with Crippen molar-refractivity contribution in [3.8, 4) is 0 Å². The molecule has 0 bridgehead atoms. The Morgan fingerprint density at radius 2 is 1.62 bits per heavy atom. The number of rotatable bonds is 6. The van der Waals surface area contributed by atoms with Crippen molar-refractivity contribution in [3.63, 3.8) is 0 Å². The molecule has 1 aliphatic heterocycles. The lowest BCUT2D eigenvalue weighted by molar-refractivity contribution is 0.0958. The Morgan fingerprint density at radius 3 is 2.26 bits per heavy atom. The van der Waals surface area contributed by atoms with Crippen molar-refractivity contribution in [1.82, 2.24) is 4.98 Å². The van der Waals surface area contributed by atoms with E-state index in [1.165, 1.54) is 24.1 Å². The van der Waals surface area contributed by atoms with Crippen LogP contribution in [0.15, 0.2) is 95.7 Å². The number of aromatic nitrogens is 1. The number of nitrogens with zero attached hydrogens (tertiary/aromatic N) is 4. The van der Waals surface area contributed by atoms with E-state index in [0.29, 0.717) is 12.2 Å². The minimum atomic E-state index is -0.354. The van der Waals surface area contributed by atoms with E-state index in [-0.39, 0.29) is 17.5 Å². The van der Waals surface area contributed by atoms with Crippen molar-refractivity contribution in [3.05, 3.63) is 108 Å². The van der Waals surface area contributed by atoms with Crippen LogP contribution in [-0.4, -0.2) is 37.1 Å². The second-order valence-electron chi connectivity index (χ2n) is 8.18. The molecule has 2 aromatic carbocycles. The van der Waals surface area contributed by atoms with Gasteiger partial charge in [0.2, 0.25) is 0 Å². The van der Waals surface area contributed by atoms with Crippen LogP contribution in [0.1, 0.15) is 16.1 Å². The van der Waals surface area contributed by atoms with Gasteiger partial charge in [-0.15, -0.1) is 0 Å². The summed E-state index contributed by atoms with van der Waals surface area (Å²) in [4.78, 5) is 23.9. The maximum absolute atomic E-state index is 13.5. The molecular formula is C27H25FN4O2. The SMILES string of the molecule is O=C(c1ccco1)N(Cc1ccc(N2CCN(c3ccccc3)CC2)nc1)c1ccc(F)cc1. The van der Waals surface area contributed by atoms with E-state index < -0.39 is 0 Å². The monoisotopic (exact) mass is 456 g/mol. The summed E-state index contributed by atoms with van der Waals surface area (Å²) in [5, 5.41) is 0. The summed E-state index contributed by atoms with van der Waals surface area (Å²) in [6, 6.07) is 23.6. The number of hydrogen-bond donors (Lipinski definition) is 0. The Labute approximate surface area is 197 Å². The molecule has 1 amide bonds. The predicted molar refractivity (Wildman–Crippen MR) is 131 cm³/mol. The average Bonchev–Trinajstić information content (AvgIpc) is 3.44. The minimum absolute atomic E-state index is 0.227. The fourth-order valence-electron chi connectivity index (χ4n) is 4.15. The van der Waals surface area contributed by atoms with E-state index >= 15 is 0 Å². The number of furan rings is 1. The van der Waals surface area contributed by atoms with Crippen LogP contribution in [0.25, 0.3) is 0 Å². The number of carbonyl (C=O) groups excluding carboxylic acids is 1. The molecule has 1 fully saturated rings. The van der Waals surface area contributed by atoms with Crippen LogP contribution in [-0.2, 0) is 6.54 Å². The third-order valence-corrected chi connectivity index (χ3v) is 5.99. The molecule has 1 aliphatic rings. The normalized spacial score (nSPS) is 13.7. The molecule has 5 rings (SSSR count). The minimum Gasteiger partial charge on any atom is -0.459 e. The van der Waals surface area contributed by atoms with Gasteiger partial charge in [-0.1, -0.05) is 24.3 Å². The van der Waals surface area contributed by atoms with Crippen molar-refractivity contribution in [1.29, 1.82) is 0 Å². The molecule has 172 valence electrons. The van der Waals surface area contributed by atoms with E-state index in [4.69, 9.17) is 4.42 Å². The van der Waals surface area contributed by atoms with Gasteiger partial charge in [-0.2, -0.15) is 0 Å². The highest BCUT2D eigenvalue weighted by Gasteiger charge is 2.22. The molecule has 2 aromatic heterocycles. The van der Waals surface area contributed by atoms with E-state index in [0.717, 1.165) is 37.6 Å². The van der Waals surface area contributed by atoms with Crippen LogP contribution < -0.4 is 14.7 Å². The molecule has 0 unspecified atom stereocenters. The highest BCUT2D eigenvalue weighted by Crippen LogP contribution is 2.23. The summed E-state index contributed by atoms with van der Waals surface area (Å²) in [5.74, 6) is 0.498. The first-order valence-corrected chi connectivity index (χ1v) is 11.3. The first-order chi connectivity index (χ1) is 16.7. The Kier molecular flexibility index (Phi) is 6.25. The van der Waals surface area contributed by atoms with E-state index in [1.54, 1.807) is 35.4 Å². The highest BCUT2D eigenvalue weighted by molar-refractivity contribution is 6.04. The summed E-state index contributed by atoms with van der Waals surface area (Å²) in [7, 11) is 0. The molecule has 34 heavy (non-hydrogen) atoms. The first kappa shape index (κ1) is 21.7. The van der Waals surface area contributed by atoms with Gasteiger partial charge in [0.05, 0.1) is 12.8 Å². The molecule has 0 saturated carbocycles. The Balaban J connectivity index is 1.28. The van der Waals surface area contributed by atoms with Crippen LogP contribution in [0, 0.1) is 5.82 Å². The number of pyridine rings is 1. The molecule has 4 aromatic rings. The lowest BCUT2D eigenvalue weighted by atomic mass is 10.2. The fourth-order valence-corrected chi connectivity index (χ4v) is 4.15. The maximum Gasteiger partial charge on any atom is 0.294 e. The molecule has 7 heteroatoms. The third-order valence-electron chi connectivity index (χ3n) is 5.99. The Morgan fingerprint density at radius 1 is 0.882 bits per heavy atom. The number of piperazine rings is 1. The van der Waals surface area contributed by atoms with Crippen molar-refractivity contribution < 1.29 is 13.6 Å². The highest BCUT2D eigenvalue weighted by atomic mass is 19.1. The molecule has 0 radical (unpaired) electrons. The van der Waals surface area contributed by atoms with Crippen molar-refractivity contribution in [2.45, 2.75) is 6.54 Å². The quantitative estimate of drug-likeness (QED) is 0.409. The third kappa shape index (κ3) is 4.78. The van der Waals surface area contributed by atoms with Gasteiger partial charge in [0, 0.05) is 43.8 Å². The van der Waals surface area contributed by atoms with Crippen LogP contribution in [0.5, 0.6) is 0 Å². The Hall–Kier alpha value is -4.13. The number of anilines is 3. The van der Waals surface area contributed by atoms with E-state index in [1.807, 2.05) is 18.2 Å². The van der Waals surface area contributed by atoms with Crippen LogP contribution in [0.2, 0.25) is 0 Å². The lowest BCUT2D eigenvalue weighted by Crippen LogP contribution is -2.46. The number of benzene rings is 2. The molecule has 1 saturated heterocycles. The van der Waals surface area contributed by atoms with Gasteiger partial charge in [0.15, 0.2) is 5.76 Å². The lowest BCUT2D eigenvalue weighted by Gasteiger charge is -2.36. The molecule has 6 nitrogen and oxygen atoms in total. The molecule has 0 N–H and O–H groups in total. The molecule has 0 spiro atoms. The van der Waals surface area contributed by atoms with E-state index in [2.05, 4.69) is 39.0 Å². The summed E-state index contributed by atoms with van der Waals surface area (Å²) in [6.07, 6.45) is 3.26. The second-order valence-corrected chi connectivity index (χ2v) is 8.18. The number of amides is 1. The van der Waals surface area contributed by atoms with Gasteiger partial charge in [-0.3, -0.25) is 4.79 Å². The molecule has 3 heterocycles. The van der Waals surface area contributed by atoms with Gasteiger partial charge in [-0.05, 0) is 60.2 Å². The zero-order valence-corrected chi connectivity index (χ0v) is 18.7. The first-order valence-electron chi connectivity index (χ1n) is 11.3. The summed E-state index contributed by atoms with van der Waals surface area (Å²) in [6.45, 7) is 3.94. The number of para-hydroxylation sites is 1. The van der Waals surface area contributed by atoms with Crippen LogP contribution in [0.4, 0.5) is 21.6 Å². The molecule has 0 aliphatic carbocycles. The fraction of sp³-hybridized carbons (Fsp3) is 0.185. The van der Waals surface area contributed by atoms with Gasteiger partial charge >= 0.3 is 0 Å². The summed E-state index contributed by atoms with van der Waals surface area (Å²) >= 11 is 0. The van der Waals surface area contributed by atoms with Crippen molar-refractivity contribution in [2.24, 2.45) is 0 Å².